The topological polar surface area (TPSA) is 20.3 Å². The zero-order valence-corrected chi connectivity index (χ0v) is 13.0. The van der Waals surface area contributed by atoms with Gasteiger partial charge in [0, 0.05) is 18.0 Å². The summed E-state index contributed by atoms with van der Waals surface area (Å²) in [4.78, 5) is 14.8. The van der Waals surface area contributed by atoms with Crippen molar-refractivity contribution in [1.82, 2.24) is 4.90 Å². The van der Waals surface area contributed by atoms with Gasteiger partial charge in [0.15, 0.2) is 5.78 Å². The van der Waals surface area contributed by atoms with E-state index in [1.165, 1.54) is 12.5 Å². The van der Waals surface area contributed by atoms with Crippen LogP contribution in [0.4, 0.5) is 13.2 Å². The molecule has 1 aliphatic rings. The minimum atomic E-state index is -4.37. The van der Waals surface area contributed by atoms with E-state index in [1.54, 1.807) is 6.92 Å². The third-order valence-electron chi connectivity index (χ3n) is 4.25. The van der Waals surface area contributed by atoms with Crippen molar-refractivity contribution in [3.05, 3.63) is 34.9 Å². The third kappa shape index (κ3) is 4.09. The number of ketones is 1. The van der Waals surface area contributed by atoms with E-state index in [0.29, 0.717) is 17.7 Å². The number of Topliss-reactive ketones (excluding diaryl/α,β-unsaturated/α-hetero) is 1. The summed E-state index contributed by atoms with van der Waals surface area (Å²) in [6.45, 7) is 6.11. The molecule has 0 bridgehead atoms. The fourth-order valence-electron chi connectivity index (χ4n) is 2.99. The van der Waals surface area contributed by atoms with Crippen molar-refractivity contribution in [3.63, 3.8) is 0 Å². The Morgan fingerprint density at radius 1 is 1.23 bits per heavy atom. The largest absolute Gasteiger partial charge is 0.416 e. The normalized spacial score (nSPS) is 18.2. The van der Waals surface area contributed by atoms with Gasteiger partial charge in [0.1, 0.15) is 0 Å². The lowest BCUT2D eigenvalue weighted by atomic mass is 9.93. The number of benzene rings is 1. The molecule has 5 heteroatoms. The molecule has 2 rings (SSSR count). The maximum Gasteiger partial charge on any atom is 0.416 e. The van der Waals surface area contributed by atoms with E-state index in [-0.39, 0.29) is 11.7 Å². The summed E-state index contributed by atoms with van der Waals surface area (Å²) < 4.78 is 38.0. The summed E-state index contributed by atoms with van der Waals surface area (Å²) in [5, 5.41) is 0. The minimum Gasteiger partial charge on any atom is -0.303 e. The van der Waals surface area contributed by atoms with Crippen molar-refractivity contribution < 1.29 is 18.0 Å². The Morgan fingerprint density at radius 2 is 1.86 bits per heavy atom. The molecule has 1 heterocycles. The zero-order valence-electron chi connectivity index (χ0n) is 13.0. The molecule has 2 nitrogen and oxygen atoms in total. The maximum absolute atomic E-state index is 12.7. The van der Waals surface area contributed by atoms with E-state index < -0.39 is 11.7 Å². The molecule has 0 N–H and O–H groups in total. The molecule has 1 saturated heterocycles. The lowest BCUT2D eigenvalue weighted by Gasteiger charge is -2.28. The smallest absolute Gasteiger partial charge is 0.303 e. The predicted octanol–water partition coefficient (Wildman–Crippen LogP) is 4.32. The van der Waals surface area contributed by atoms with Gasteiger partial charge in [-0.25, -0.2) is 0 Å². The van der Waals surface area contributed by atoms with Crippen LogP contribution >= 0.6 is 0 Å². The van der Waals surface area contributed by atoms with Crippen LogP contribution in [0.15, 0.2) is 18.2 Å². The first-order valence-electron chi connectivity index (χ1n) is 7.73. The number of likely N-dealkylation sites (tertiary alicyclic amines) is 1. The Balaban J connectivity index is 2.08. The molecule has 1 aliphatic heterocycles. The monoisotopic (exact) mass is 313 g/mol. The van der Waals surface area contributed by atoms with Crippen LogP contribution in [0, 0.1) is 12.8 Å². The summed E-state index contributed by atoms with van der Waals surface area (Å²) in [6, 6.07) is 3.36. The van der Waals surface area contributed by atoms with Gasteiger partial charge in [-0.2, -0.15) is 13.2 Å². The molecule has 1 aromatic rings. The number of carbonyl (C=O) groups is 1. The lowest BCUT2D eigenvalue weighted by molar-refractivity contribution is -0.137. The summed E-state index contributed by atoms with van der Waals surface area (Å²) in [5.41, 5.74) is 0.0908. The number of aryl methyl sites for hydroxylation is 1. The first kappa shape index (κ1) is 17.0. The molecule has 0 aromatic heterocycles. The molecule has 0 radical (unpaired) electrons. The Bertz CT molecular complexity index is 533. The highest BCUT2D eigenvalue weighted by atomic mass is 19.4. The molecule has 1 unspecified atom stereocenters. The molecular weight excluding hydrogens is 291 g/mol. The number of alkyl halides is 3. The van der Waals surface area contributed by atoms with E-state index in [9.17, 15) is 18.0 Å². The van der Waals surface area contributed by atoms with Crippen LogP contribution in [-0.2, 0) is 6.18 Å². The van der Waals surface area contributed by atoms with Crippen molar-refractivity contribution in [3.8, 4) is 0 Å². The minimum absolute atomic E-state index is 0.0724. The maximum atomic E-state index is 12.7. The third-order valence-corrected chi connectivity index (χ3v) is 4.25. The molecule has 1 atom stereocenters. The van der Waals surface area contributed by atoms with Gasteiger partial charge in [-0.1, -0.05) is 19.4 Å². The van der Waals surface area contributed by atoms with Crippen molar-refractivity contribution in [2.75, 3.05) is 19.6 Å². The van der Waals surface area contributed by atoms with Crippen molar-refractivity contribution in [2.45, 2.75) is 39.3 Å². The van der Waals surface area contributed by atoms with Gasteiger partial charge in [0.05, 0.1) is 5.56 Å². The number of hydrogen-bond donors (Lipinski definition) is 0. The van der Waals surface area contributed by atoms with E-state index in [4.69, 9.17) is 0 Å². The van der Waals surface area contributed by atoms with Crippen molar-refractivity contribution in [1.29, 1.82) is 0 Å². The average Bonchev–Trinajstić information content (AvgIpc) is 2.46. The molecule has 0 saturated carbocycles. The Morgan fingerprint density at radius 3 is 2.41 bits per heavy atom. The van der Waals surface area contributed by atoms with Gasteiger partial charge in [0.25, 0.3) is 0 Å². The highest BCUT2D eigenvalue weighted by Gasteiger charge is 2.31. The van der Waals surface area contributed by atoms with Gasteiger partial charge in [-0.15, -0.1) is 0 Å². The molecule has 1 aromatic carbocycles. The van der Waals surface area contributed by atoms with Crippen LogP contribution in [0.25, 0.3) is 0 Å². The second kappa shape index (κ2) is 6.82. The number of carbonyl (C=O) groups excluding carboxylic acids is 1. The standard InChI is InChI=1S/C17H22F3NO/c1-12-10-14(17(18,19)20)6-7-15(12)16(22)13(2)11-21-8-4-3-5-9-21/h6-7,10,13H,3-5,8-9,11H2,1-2H3. The highest BCUT2D eigenvalue weighted by molar-refractivity contribution is 5.99. The number of nitrogens with zero attached hydrogens (tertiary/aromatic N) is 1. The molecular formula is C17H22F3NO. The molecule has 1 fully saturated rings. The van der Waals surface area contributed by atoms with Crippen LogP contribution in [0.1, 0.15) is 47.7 Å². The van der Waals surface area contributed by atoms with Crippen LogP contribution in [0.5, 0.6) is 0 Å². The molecule has 0 spiro atoms. The Labute approximate surface area is 129 Å². The summed E-state index contributed by atoms with van der Waals surface area (Å²) in [6.07, 6.45) is -0.830. The van der Waals surface area contributed by atoms with E-state index in [2.05, 4.69) is 4.90 Å². The molecule has 22 heavy (non-hydrogen) atoms. The second-order valence-corrected chi connectivity index (χ2v) is 6.15. The lowest BCUT2D eigenvalue weighted by Crippen LogP contribution is -2.36. The van der Waals surface area contributed by atoms with E-state index in [1.807, 2.05) is 6.92 Å². The summed E-state index contributed by atoms with van der Waals surface area (Å²) in [5.74, 6) is -0.273. The van der Waals surface area contributed by atoms with Gasteiger partial charge in [0.2, 0.25) is 0 Å². The highest BCUT2D eigenvalue weighted by Crippen LogP contribution is 2.31. The second-order valence-electron chi connectivity index (χ2n) is 6.15. The van der Waals surface area contributed by atoms with E-state index >= 15 is 0 Å². The van der Waals surface area contributed by atoms with Crippen molar-refractivity contribution >= 4 is 5.78 Å². The van der Waals surface area contributed by atoms with Crippen molar-refractivity contribution in [2.24, 2.45) is 5.92 Å². The zero-order chi connectivity index (χ0) is 16.3. The first-order valence-corrected chi connectivity index (χ1v) is 7.73. The Kier molecular flexibility index (Phi) is 5.27. The number of rotatable bonds is 4. The first-order chi connectivity index (χ1) is 10.3. The van der Waals surface area contributed by atoms with Gasteiger partial charge >= 0.3 is 6.18 Å². The summed E-state index contributed by atoms with van der Waals surface area (Å²) >= 11 is 0. The SMILES string of the molecule is Cc1cc(C(F)(F)F)ccc1C(=O)C(C)CN1CCCCC1. The average molecular weight is 313 g/mol. The quantitative estimate of drug-likeness (QED) is 0.772. The van der Waals surface area contributed by atoms with Crippen LogP contribution in [0.2, 0.25) is 0 Å². The van der Waals surface area contributed by atoms with E-state index in [0.717, 1.165) is 38.1 Å². The fraction of sp³-hybridized carbons (Fsp3) is 0.588. The molecule has 0 aliphatic carbocycles. The van der Waals surface area contributed by atoms with Gasteiger partial charge in [-0.3, -0.25) is 4.79 Å². The van der Waals surface area contributed by atoms with Crippen LogP contribution in [0.3, 0.4) is 0 Å². The van der Waals surface area contributed by atoms with Crippen LogP contribution < -0.4 is 0 Å². The number of halogens is 3. The molecule has 0 amide bonds. The molecule has 122 valence electrons. The van der Waals surface area contributed by atoms with Crippen LogP contribution in [-0.4, -0.2) is 30.3 Å². The fourth-order valence-corrected chi connectivity index (χ4v) is 2.99. The van der Waals surface area contributed by atoms with Gasteiger partial charge in [-0.05, 0) is 50.6 Å². The Hall–Kier alpha value is -1.36. The van der Waals surface area contributed by atoms with Gasteiger partial charge < -0.3 is 4.90 Å². The number of hydrogen-bond acceptors (Lipinski definition) is 2. The predicted molar refractivity (Wildman–Crippen MR) is 80.0 cm³/mol. The number of piperidine rings is 1. The summed E-state index contributed by atoms with van der Waals surface area (Å²) in [7, 11) is 0.